The Bertz CT molecular complexity index is 268. The van der Waals surface area contributed by atoms with Crippen molar-refractivity contribution in [3.63, 3.8) is 0 Å². The highest BCUT2D eigenvalue weighted by atomic mass is 16.6. The van der Waals surface area contributed by atoms with Gasteiger partial charge in [-0.15, -0.1) is 0 Å². The fourth-order valence-electron chi connectivity index (χ4n) is 0.964. The Hall–Kier alpha value is -1.26. The third kappa shape index (κ3) is 2.37. The minimum atomic E-state index is -0.914. The number of ether oxygens (including phenoxy) is 2. The van der Waals surface area contributed by atoms with Crippen molar-refractivity contribution in [1.29, 1.82) is 0 Å². The minimum Gasteiger partial charge on any atom is -0.461 e. The predicted octanol–water partition coefficient (Wildman–Crippen LogP) is 0.827. The average molecular weight is 201 g/mol. The molecule has 0 aromatic heterocycles. The van der Waals surface area contributed by atoms with Crippen molar-refractivity contribution in [2.45, 2.75) is 38.8 Å². The Morgan fingerprint density at radius 1 is 1.57 bits per heavy atom. The SMILES string of the molecule is CC(C)(C)OC(=O)N[C@@]1(C)COC1=O. The van der Waals surface area contributed by atoms with Crippen LogP contribution in [-0.4, -0.2) is 29.8 Å². The molecular formula is C9H15NO4. The lowest BCUT2D eigenvalue weighted by molar-refractivity contribution is -0.173. The van der Waals surface area contributed by atoms with Gasteiger partial charge in [-0.25, -0.2) is 9.59 Å². The molecule has 1 amide bonds. The van der Waals surface area contributed by atoms with Crippen molar-refractivity contribution in [3.05, 3.63) is 0 Å². The van der Waals surface area contributed by atoms with Gasteiger partial charge < -0.3 is 14.8 Å². The maximum absolute atomic E-state index is 11.3. The third-order valence-corrected chi connectivity index (χ3v) is 1.72. The summed E-state index contributed by atoms with van der Waals surface area (Å²) in [5.41, 5.74) is -1.48. The van der Waals surface area contributed by atoms with E-state index in [9.17, 15) is 9.59 Å². The molecule has 1 fully saturated rings. The largest absolute Gasteiger partial charge is 0.461 e. The van der Waals surface area contributed by atoms with Gasteiger partial charge in [0.05, 0.1) is 0 Å². The minimum absolute atomic E-state index is 0.199. The summed E-state index contributed by atoms with van der Waals surface area (Å²) in [5.74, 6) is -0.427. The molecule has 14 heavy (non-hydrogen) atoms. The molecule has 0 saturated carbocycles. The van der Waals surface area contributed by atoms with Crippen LogP contribution in [0.3, 0.4) is 0 Å². The van der Waals surface area contributed by atoms with Gasteiger partial charge in [0.15, 0.2) is 5.54 Å². The normalized spacial score (nSPS) is 26.1. The van der Waals surface area contributed by atoms with E-state index in [1.165, 1.54) is 0 Å². The number of nitrogens with one attached hydrogen (secondary N) is 1. The molecule has 80 valence electrons. The van der Waals surface area contributed by atoms with Crippen LogP contribution in [0.2, 0.25) is 0 Å². The van der Waals surface area contributed by atoms with Gasteiger partial charge >= 0.3 is 12.1 Å². The van der Waals surface area contributed by atoms with Crippen molar-refractivity contribution in [2.75, 3.05) is 6.61 Å². The summed E-state index contributed by atoms with van der Waals surface area (Å²) in [7, 11) is 0. The van der Waals surface area contributed by atoms with Crippen LogP contribution < -0.4 is 5.32 Å². The molecule has 0 aliphatic carbocycles. The molecule has 0 bridgehead atoms. The Morgan fingerprint density at radius 2 is 2.14 bits per heavy atom. The summed E-state index contributed by atoms with van der Waals surface area (Å²) in [6, 6.07) is 0. The second kappa shape index (κ2) is 3.15. The van der Waals surface area contributed by atoms with Crippen molar-refractivity contribution < 1.29 is 19.1 Å². The highest BCUT2D eigenvalue weighted by Gasteiger charge is 2.47. The fourth-order valence-corrected chi connectivity index (χ4v) is 0.964. The highest BCUT2D eigenvalue weighted by Crippen LogP contribution is 2.18. The topological polar surface area (TPSA) is 64.6 Å². The van der Waals surface area contributed by atoms with E-state index in [0.717, 1.165) is 0 Å². The maximum atomic E-state index is 11.3. The third-order valence-electron chi connectivity index (χ3n) is 1.72. The summed E-state index contributed by atoms with van der Waals surface area (Å²) < 4.78 is 9.57. The standard InChI is InChI=1S/C9H15NO4/c1-8(2,3)14-7(12)10-9(4)5-13-6(9)11/h5H2,1-4H3,(H,10,12)/t9-/m0/s1. The molecule has 5 heteroatoms. The number of carbonyl (C=O) groups excluding carboxylic acids is 2. The molecule has 1 N–H and O–H groups in total. The number of esters is 1. The number of hydrogen-bond acceptors (Lipinski definition) is 4. The van der Waals surface area contributed by atoms with E-state index < -0.39 is 23.2 Å². The summed E-state index contributed by atoms with van der Waals surface area (Å²) >= 11 is 0. The van der Waals surface area contributed by atoms with Crippen LogP contribution in [0.1, 0.15) is 27.7 Å². The number of hydrogen-bond donors (Lipinski definition) is 1. The van der Waals surface area contributed by atoms with Gasteiger partial charge in [-0.1, -0.05) is 0 Å². The molecule has 1 atom stereocenters. The molecule has 1 aliphatic heterocycles. The summed E-state index contributed by atoms with van der Waals surface area (Å²) in [5, 5.41) is 2.46. The van der Waals surface area contributed by atoms with Crippen LogP contribution in [0.15, 0.2) is 0 Å². The van der Waals surface area contributed by atoms with Crippen LogP contribution >= 0.6 is 0 Å². The van der Waals surface area contributed by atoms with Crippen LogP contribution in [0.5, 0.6) is 0 Å². The molecule has 1 rings (SSSR count). The van der Waals surface area contributed by atoms with Crippen LogP contribution in [-0.2, 0) is 14.3 Å². The molecule has 0 spiro atoms. The molecular weight excluding hydrogens is 186 g/mol. The lowest BCUT2D eigenvalue weighted by atomic mass is 10.0. The molecule has 5 nitrogen and oxygen atoms in total. The number of cyclic esters (lactones) is 1. The lowest BCUT2D eigenvalue weighted by Gasteiger charge is -2.36. The highest BCUT2D eigenvalue weighted by molar-refractivity contribution is 5.89. The van der Waals surface area contributed by atoms with Gasteiger partial charge in [-0.05, 0) is 27.7 Å². The summed E-state index contributed by atoms with van der Waals surface area (Å²) in [4.78, 5) is 22.2. The molecule has 1 aliphatic rings. The number of carbonyl (C=O) groups is 2. The van der Waals surface area contributed by atoms with Gasteiger partial charge in [0.1, 0.15) is 12.2 Å². The lowest BCUT2D eigenvalue weighted by Crippen LogP contribution is -2.64. The molecule has 0 unspecified atom stereocenters. The van der Waals surface area contributed by atoms with E-state index in [2.05, 4.69) is 10.1 Å². The summed E-state index contributed by atoms with van der Waals surface area (Å²) in [6.45, 7) is 7.07. The van der Waals surface area contributed by atoms with Gasteiger partial charge in [-0.3, -0.25) is 0 Å². The first-order chi connectivity index (χ1) is 6.23. The maximum Gasteiger partial charge on any atom is 0.408 e. The zero-order valence-electron chi connectivity index (χ0n) is 8.84. The average Bonchev–Trinajstić information content (AvgIpc) is 1.98. The van der Waals surface area contributed by atoms with Crippen molar-refractivity contribution in [2.24, 2.45) is 0 Å². The van der Waals surface area contributed by atoms with Crippen molar-refractivity contribution in [1.82, 2.24) is 5.32 Å². The second-order valence-corrected chi connectivity index (χ2v) is 4.54. The Balaban J connectivity index is 2.45. The van der Waals surface area contributed by atoms with Gasteiger partial charge in [0.2, 0.25) is 0 Å². The van der Waals surface area contributed by atoms with Gasteiger partial charge in [0.25, 0.3) is 0 Å². The molecule has 0 radical (unpaired) electrons. The molecule has 0 aromatic carbocycles. The van der Waals surface area contributed by atoms with E-state index in [1.54, 1.807) is 27.7 Å². The number of rotatable bonds is 1. The van der Waals surface area contributed by atoms with E-state index >= 15 is 0 Å². The Morgan fingerprint density at radius 3 is 2.43 bits per heavy atom. The first-order valence-electron chi connectivity index (χ1n) is 4.41. The van der Waals surface area contributed by atoms with E-state index in [-0.39, 0.29) is 6.61 Å². The quantitative estimate of drug-likeness (QED) is 0.638. The first kappa shape index (κ1) is 10.8. The smallest absolute Gasteiger partial charge is 0.408 e. The van der Waals surface area contributed by atoms with Crippen LogP contribution in [0.4, 0.5) is 4.79 Å². The zero-order chi connectivity index (χ0) is 11.0. The Labute approximate surface area is 82.8 Å². The van der Waals surface area contributed by atoms with Crippen LogP contribution in [0.25, 0.3) is 0 Å². The molecule has 1 saturated heterocycles. The monoisotopic (exact) mass is 201 g/mol. The second-order valence-electron chi connectivity index (χ2n) is 4.54. The summed E-state index contributed by atoms with van der Waals surface area (Å²) in [6.07, 6.45) is -0.600. The van der Waals surface area contributed by atoms with E-state index in [1.807, 2.05) is 0 Å². The number of amides is 1. The predicted molar refractivity (Wildman–Crippen MR) is 48.7 cm³/mol. The van der Waals surface area contributed by atoms with Gasteiger partial charge in [0, 0.05) is 0 Å². The van der Waals surface area contributed by atoms with Crippen molar-refractivity contribution >= 4 is 12.1 Å². The van der Waals surface area contributed by atoms with E-state index in [4.69, 9.17) is 4.74 Å². The molecule has 0 aromatic rings. The molecule has 1 heterocycles. The van der Waals surface area contributed by atoms with Crippen molar-refractivity contribution in [3.8, 4) is 0 Å². The van der Waals surface area contributed by atoms with Gasteiger partial charge in [-0.2, -0.15) is 0 Å². The fraction of sp³-hybridized carbons (Fsp3) is 0.778. The number of alkyl carbamates (subject to hydrolysis) is 1. The van der Waals surface area contributed by atoms with E-state index in [0.29, 0.717) is 0 Å². The first-order valence-corrected chi connectivity index (χ1v) is 4.41. The van der Waals surface area contributed by atoms with Crippen LogP contribution in [0, 0.1) is 0 Å². The zero-order valence-corrected chi connectivity index (χ0v) is 8.84. The Kier molecular flexibility index (Phi) is 2.43.